The number of hydrogen-bond acceptors (Lipinski definition) is 1. The zero-order valence-electron chi connectivity index (χ0n) is 11.6. The highest BCUT2D eigenvalue weighted by molar-refractivity contribution is 5.89. The van der Waals surface area contributed by atoms with Crippen molar-refractivity contribution in [2.75, 3.05) is 5.32 Å². The van der Waals surface area contributed by atoms with Gasteiger partial charge < -0.3 is 5.32 Å². The summed E-state index contributed by atoms with van der Waals surface area (Å²) in [5, 5.41) is 2.93. The molecule has 0 aromatic heterocycles. The molecular formula is C17H19NO. The molecule has 0 bridgehead atoms. The van der Waals surface area contributed by atoms with Gasteiger partial charge in [0.15, 0.2) is 0 Å². The monoisotopic (exact) mass is 253 g/mol. The minimum Gasteiger partial charge on any atom is -0.326 e. The third kappa shape index (κ3) is 3.22. The van der Waals surface area contributed by atoms with Crippen molar-refractivity contribution in [1.29, 1.82) is 0 Å². The number of benzene rings is 2. The van der Waals surface area contributed by atoms with Crippen molar-refractivity contribution < 1.29 is 4.79 Å². The van der Waals surface area contributed by atoms with E-state index in [2.05, 4.69) is 36.5 Å². The molecule has 0 heterocycles. The predicted molar refractivity (Wildman–Crippen MR) is 79.4 cm³/mol. The average molecular weight is 253 g/mol. The molecule has 0 saturated carbocycles. The van der Waals surface area contributed by atoms with Gasteiger partial charge in [0.25, 0.3) is 0 Å². The third-order valence-electron chi connectivity index (χ3n) is 3.29. The number of amides is 1. The third-order valence-corrected chi connectivity index (χ3v) is 3.29. The maximum absolute atomic E-state index is 11.3. The Kier molecular flexibility index (Phi) is 4.00. The number of rotatable bonds is 3. The molecule has 2 nitrogen and oxygen atoms in total. The second-order valence-electron chi connectivity index (χ2n) is 4.90. The minimum atomic E-state index is -0.0351. The van der Waals surface area contributed by atoms with E-state index in [1.165, 1.54) is 5.56 Å². The summed E-state index contributed by atoms with van der Waals surface area (Å²) >= 11 is 0. The molecule has 1 atom stereocenters. The molecule has 1 N–H and O–H groups in total. The Morgan fingerprint density at radius 3 is 2.42 bits per heavy atom. The highest BCUT2D eigenvalue weighted by Crippen LogP contribution is 2.30. The first-order chi connectivity index (χ1) is 9.08. The van der Waals surface area contributed by atoms with Gasteiger partial charge in [-0.3, -0.25) is 4.79 Å². The van der Waals surface area contributed by atoms with E-state index in [1.54, 1.807) is 6.92 Å². The summed E-state index contributed by atoms with van der Waals surface area (Å²) in [5.41, 5.74) is 4.45. The number of hydrogen-bond donors (Lipinski definition) is 1. The van der Waals surface area contributed by atoms with Gasteiger partial charge in [-0.1, -0.05) is 49.4 Å². The number of aryl methyl sites for hydroxylation is 1. The van der Waals surface area contributed by atoms with Gasteiger partial charge in [-0.15, -0.1) is 0 Å². The number of carbonyl (C=O) groups excluding carboxylic acids is 1. The van der Waals surface area contributed by atoms with Crippen LogP contribution in [0.2, 0.25) is 0 Å². The summed E-state index contributed by atoms with van der Waals surface area (Å²) in [7, 11) is 0. The fourth-order valence-corrected chi connectivity index (χ4v) is 2.27. The van der Waals surface area contributed by atoms with Gasteiger partial charge in [0.05, 0.1) is 0 Å². The molecule has 2 aromatic rings. The first-order valence-corrected chi connectivity index (χ1v) is 6.51. The fourth-order valence-electron chi connectivity index (χ4n) is 2.27. The standard InChI is InChI=1S/C17H19NO/c1-12-9-10-16(17(11-12)18-14(3)19)13(2)15-7-5-4-6-8-15/h4-11,13H,1-3H3,(H,18,19)/t13-/m1/s1. The first kappa shape index (κ1) is 13.3. The van der Waals surface area contributed by atoms with E-state index in [9.17, 15) is 4.79 Å². The quantitative estimate of drug-likeness (QED) is 0.876. The number of carbonyl (C=O) groups is 1. The molecule has 2 heteroatoms. The van der Waals surface area contributed by atoms with Gasteiger partial charge in [-0.05, 0) is 29.7 Å². The van der Waals surface area contributed by atoms with E-state index < -0.39 is 0 Å². The highest BCUT2D eigenvalue weighted by Gasteiger charge is 2.13. The zero-order chi connectivity index (χ0) is 13.8. The topological polar surface area (TPSA) is 29.1 Å². The summed E-state index contributed by atoms with van der Waals surface area (Å²) in [6.07, 6.45) is 0. The Hall–Kier alpha value is -2.09. The molecule has 0 aliphatic rings. The molecule has 0 spiro atoms. The van der Waals surface area contributed by atoms with Crippen molar-refractivity contribution in [3.8, 4) is 0 Å². The predicted octanol–water partition coefficient (Wildman–Crippen LogP) is 4.11. The summed E-state index contributed by atoms with van der Waals surface area (Å²) in [6.45, 7) is 5.73. The Labute approximate surface area is 114 Å². The van der Waals surface area contributed by atoms with E-state index in [0.717, 1.165) is 16.8 Å². The van der Waals surface area contributed by atoms with Crippen LogP contribution in [0.25, 0.3) is 0 Å². The van der Waals surface area contributed by atoms with Crippen molar-refractivity contribution in [2.24, 2.45) is 0 Å². The Bertz CT molecular complexity index is 575. The maximum Gasteiger partial charge on any atom is 0.221 e. The molecule has 0 aliphatic carbocycles. The van der Waals surface area contributed by atoms with Crippen molar-refractivity contribution in [3.05, 3.63) is 65.2 Å². The molecular weight excluding hydrogens is 234 g/mol. The van der Waals surface area contributed by atoms with Crippen LogP contribution in [-0.4, -0.2) is 5.91 Å². The van der Waals surface area contributed by atoms with Crippen LogP contribution >= 0.6 is 0 Å². The summed E-state index contributed by atoms with van der Waals surface area (Å²) in [6, 6.07) is 16.5. The zero-order valence-corrected chi connectivity index (χ0v) is 11.6. The van der Waals surface area contributed by atoms with Crippen LogP contribution < -0.4 is 5.32 Å². The lowest BCUT2D eigenvalue weighted by atomic mass is 9.91. The minimum absolute atomic E-state index is 0.0351. The van der Waals surface area contributed by atoms with Gasteiger partial charge in [0, 0.05) is 18.5 Å². The summed E-state index contributed by atoms with van der Waals surface area (Å²) in [4.78, 5) is 11.3. The van der Waals surface area contributed by atoms with Gasteiger partial charge >= 0.3 is 0 Å². The van der Waals surface area contributed by atoms with Crippen molar-refractivity contribution >= 4 is 11.6 Å². The van der Waals surface area contributed by atoms with Crippen molar-refractivity contribution in [1.82, 2.24) is 0 Å². The molecule has 0 unspecified atom stereocenters. The lowest BCUT2D eigenvalue weighted by Crippen LogP contribution is -2.10. The first-order valence-electron chi connectivity index (χ1n) is 6.51. The van der Waals surface area contributed by atoms with Gasteiger partial charge in [-0.2, -0.15) is 0 Å². The van der Waals surface area contributed by atoms with Crippen LogP contribution in [-0.2, 0) is 4.79 Å². The van der Waals surface area contributed by atoms with Crippen LogP contribution in [0.15, 0.2) is 48.5 Å². The lowest BCUT2D eigenvalue weighted by molar-refractivity contribution is -0.114. The van der Waals surface area contributed by atoms with Crippen LogP contribution in [0.5, 0.6) is 0 Å². The van der Waals surface area contributed by atoms with Crippen LogP contribution in [0.1, 0.15) is 36.5 Å². The van der Waals surface area contributed by atoms with E-state index >= 15 is 0 Å². The Morgan fingerprint density at radius 2 is 1.79 bits per heavy atom. The number of anilines is 1. The molecule has 19 heavy (non-hydrogen) atoms. The molecule has 1 amide bonds. The Balaban J connectivity index is 2.41. The van der Waals surface area contributed by atoms with Crippen LogP contribution in [0.3, 0.4) is 0 Å². The second-order valence-corrected chi connectivity index (χ2v) is 4.90. The van der Waals surface area contributed by atoms with E-state index in [1.807, 2.05) is 31.2 Å². The van der Waals surface area contributed by atoms with E-state index in [0.29, 0.717) is 0 Å². The van der Waals surface area contributed by atoms with Gasteiger partial charge in [0.2, 0.25) is 5.91 Å². The smallest absolute Gasteiger partial charge is 0.221 e. The van der Waals surface area contributed by atoms with Crippen LogP contribution in [0.4, 0.5) is 5.69 Å². The SMILES string of the molecule is CC(=O)Nc1cc(C)ccc1[C@H](C)c1ccccc1. The summed E-state index contributed by atoms with van der Waals surface area (Å²) < 4.78 is 0. The molecule has 2 aromatic carbocycles. The molecule has 98 valence electrons. The van der Waals surface area contributed by atoms with Crippen LogP contribution in [0, 0.1) is 6.92 Å². The van der Waals surface area contributed by atoms with E-state index in [-0.39, 0.29) is 11.8 Å². The lowest BCUT2D eigenvalue weighted by Gasteiger charge is -2.17. The molecule has 0 fully saturated rings. The van der Waals surface area contributed by atoms with Crippen molar-refractivity contribution in [2.45, 2.75) is 26.7 Å². The maximum atomic E-state index is 11.3. The molecule has 2 rings (SSSR count). The number of nitrogens with one attached hydrogen (secondary N) is 1. The van der Waals surface area contributed by atoms with Crippen molar-refractivity contribution in [3.63, 3.8) is 0 Å². The molecule has 0 saturated heterocycles. The fraction of sp³-hybridized carbons (Fsp3) is 0.235. The van der Waals surface area contributed by atoms with Gasteiger partial charge in [-0.25, -0.2) is 0 Å². The summed E-state index contributed by atoms with van der Waals surface area (Å²) in [5.74, 6) is 0.218. The van der Waals surface area contributed by atoms with E-state index in [4.69, 9.17) is 0 Å². The highest BCUT2D eigenvalue weighted by atomic mass is 16.1. The molecule has 0 aliphatic heterocycles. The van der Waals surface area contributed by atoms with Gasteiger partial charge in [0.1, 0.15) is 0 Å². The second kappa shape index (κ2) is 5.70. The molecule has 0 radical (unpaired) electrons. The normalized spacial score (nSPS) is 11.9. The average Bonchev–Trinajstić information content (AvgIpc) is 2.38. The Morgan fingerprint density at radius 1 is 1.11 bits per heavy atom. The largest absolute Gasteiger partial charge is 0.326 e.